The van der Waals surface area contributed by atoms with E-state index in [9.17, 15) is 9.59 Å². The summed E-state index contributed by atoms with van der Waals surface area (Å²) in [7, 11) is 1.37. The predicted octanol–water partition coefficient (Wildman–Crippen LogP) is 2.31. The topological polar surface area (TPSA) is 71.8 Å². The van der Waals surface area contributed by atoms with Crippen molar-refractivity contribution in [1.82, 2.24) is 9.63 Å². The van der Waals surface area contributed by atoms with Gasteiger partial charge in [-0.3, -0.25) is 14.2 Å². The van der Waals surface area contributed by atoms with E-state index in [-0.39, 0.29) is 12.5 Å². The molecule has 0 fully saturated rings. The predicted molar refractivity (Wildman–Crippen MR) is 71.3 cm³/mol. The molecule has 1 amide bonds. The largest absolute Gasteiger partial charge is 0.481 e. The minimum atomic E-state index is -0.972. The third-order valence-corrected chi connectivity index (χ3v) is 3.62. The summed E-state index contributed by atoms with van der Waals surface area (Å²) in [6, 6.07) is 6.65. The molecule has 1 aliphatic heterocycles. The van der Waals surface area contributed by atoms with Crippen LogP contribution in [-0.2, 0) is 9.63 Å². The summed E-state index contributed by atoms with van der Waals surface area (Å²) >= 11 is 0. The Morgan fingerprint density at radius 3 is 2.85 bits per heavy atom. The van der Waals surface area contributed by atoms with Crippen LogP contribution in [0.15, 0.2) is 24.3 Å². The lowest BCUT2D eigenvalue weighted by molar-refractivity contribution is -0.146. The summed E-state index contributed by atoms with van der Waals surface area (Å²) < 4.78 is 1.54. The first-order chi connectivity index (χ1) is 9.54. The molecule has 1 N–H and O–H groups in total. The highest BCUT2D eigenvalue weighted by molar-refractivity contribution is 5.97. The number of nitrogens with zero attached hydrogens (tertiary/aromatic N) is 2. The Hall–Kier alpha value is -2.34. The molecule has 2 heterocycles. The highest BCUT2D eigenvalue weighted by atomic mass is 16.7. The van der Waals surface area contributed by atoms with Gasteiger partial charge in [-0.05, 0) is 18.6 Å². The molecular weight excluding hydrogens is 260 g/mol. The monoisotopic (exact) mass is 274 g/mol. The zero-order valence-electron chi connectivity index (χ0n) is 11.2. The van der Waals surface area contributed by atoms with Gasteiger partial charge in [0.15, 0.2) is 0 Å². The normalized spacial score (nSPS) is 17.8. The van der Waals surface area contributed by atoms with Crippen LogP contribution in [0.25, 0.3) is 10.9 Å². The van der Waals surface area contributed by atoms with Gasteiger partial charge in [0, 0.05) is 5.39 Å². The van der Waals surface area contributed by atoms with Crippen LogP contribution in [0.4, 0.5) is 4.79 Å². The number of aliphatic carboxylic acids is 1. The van der Waals surface area contributed by atoms with Crippen LogP contribution < -0.4 is 0 Å². The summed E-state index contributed by atoms with van der Waals surface area (Å²) in [5.74, 6) is -0.972. The van der Waals surface area contributed by atoms with Crippen molar-refractivity contribution >= 4 is 22.9 Å². The number of carbonyl (C=O) groups is 2. The molecule has 1 atom stereocenters. The van der Waals surface area contributed by atoms with Crippen LogP contribution in [0.1, 0.15) is 23.7 Å². The molecule has 3 rings (SSSR count). The SMILES string of the molecule is CON1C(=O)n2c(cc3cccc(C)c32)C1CC(=O)O. The number of hydrogen-bond acceptors (Lipinski definition) is 3. The quantitative estimate of drug-likeness (QED) is 0.932. The Morgan fingerprint density at radius 1 is 1.45 bits per heavy atom. The zero-order chi connectivity index (χ0) is 14.4. The van der Waals surface area contributed by atoms with E-state index < -0.39 is 12.0 Å². The Kier molecular flexibility index (Phi) is 2.76. The van der Waals surface area contributed by atoms with Gasteiger partial charge in [-0.2, -0.15) is 5.06 Å². The third kappa shape index (κ3) is 1.61. The molecule has 1 unspecified atom stereocenters. The number of rotatable bonds is 3. The third-order valence-electron chi connectivity index (χ3n) is 3.62. The van der Waals surface area contributed by atoms with Gasteiger partial charge in [-0.15, -0.1) is 0 Å². The van der Waals surface area contributed by atoms with Crippen molar-refractivity contribution in [3.8, 4) is 0 Å². The Bertz CT molecular complexity index is 719. The highest BCUT2D eigenvalue weighted by Crippen LogP contribution is 2.37. The second-order valence-corrected chi connectivity index (χ2v) is 4.82. The van der Waals surface area contributed by atoms with Crippen molar-refractivity contribution < 1.29 is 19.5 Å². The van der Waals surface area contributed by atoms with E-state index >= 15 is 0 Å². The molecule has 0 aliphatic carbocycles. The number of amides is 1. The van der Waals surface area contributed by atoms with Gasteiger partial charge in [0.1, 0.15) is 6.04 Å². The lowest BCUT2D eigenvalue weighted by atomic mass is 10.1. The number of aryl methyl sites for hydroxylation is 1. The number of carboxylic acids is 1. The lowest BCUT2D eigenvalue weighted by Crippen LogP contribution is -2.29. The first-order valence-corrected chi connectivity index (χ1v) is 6.25. The number of aromatic nitrogens is 1. The second-order valence-electron chi connectivity index (χ2n) is 4.82. The molecule has 0 radical (unpaired) electrons. The summed E-state index contributed by atoms with van der Waals surface area (Å²) in [6.45, 7) is 1.92. The van der Waals surface area contributed by atoms with Gasteiger partial charge in [0.2, 0.25) is 0 Å². The number of carboxylic acid groups (broad SMARTS) is 1. The molecule has 0 bridgehead atoms. The number of hydroxylamine groups is 2. The summed E-state index contributed by atoms with van der Waals surface area (Å²) in [5.41, 5.74) is 2.43. The minimum Gasteiger partial charge on any atom is -0.481 e. The van der Waals surface area contributed by atoms with Crippen molar-refractivity contribution in [3.63, 3.8) is 0 Å². The Morgan fingerprint density at radius 2 is 2.20 bits per heavy atom. The number of para-hydroxylation sites is 1. The van der Waals surface area contributed by atoms with Gasteiger partial charge >= 0.3 is 12.0 Å². The zero-order valence-corrected chi connectivity index (χ0v) is 11.2. The van der Waals surface area contributed by atoms with Crippen molar-refractivity contribution in [2.45, 2.75) is 19.4 Å². The number of benzene rings is 1. The molecule has 0 saturated carbocycles. The summed E-state index contributed by atoms with van der Waals surface area (Å²) in [6.07, 6.45) is -0.186. The number of hydrogen-bond donors (Lipinski definition) is 1. The molecule has 1 aromatic heterocycles. The fourth-order valence-electron chi connectivity index (χ4n) is 2.82. The van der Waals surface area contributed by atoms with Crippen LogP contribution in [0, 0.1) is 6.92 Å². The van der Waals surface area contributed by atoms with Gasteiger partial charge in [0.05, 0.1) is 24.7 Å². The van der Waals surface area contributed by atoms with Crippen LogP contribution in [0.5, 0.6) is 0 Å². The summed E-state index contributed by atoms with van der Waals surface area (Å²) in [4.78, 5) is 28.5. The number of fused-ring (bicyclic) bond motifs is 3. The first-order valence-electron chi connectivity index (χ1n) is 6.25. The van der Waals surface area contributed by atoms with E-state index in [4.69, 9.17) is 9.94 Å². The van der Waals surface area contributed by atoms with Crippen molar-refractivity contribution in [2.24, 2.45) is 0 Å². The van der Waals surface area contributed by atoms with E-state index in [2.05, 4.69) is 0 Å². The summed E-state index contributed by atoms with van der Waals surface area (Å²) in [5, 5.41) is 11.1. The van der Waals surface area contributed by atoms with Crippen molar-refractivity contribution in [2.75, 3.05) is 7.11 Å². The van der Waals surface area contributed by atoms with Crippen molar-refractivity contribution in [3.05, 3.63) is 35.5 Å². The van der Waals surface area contributed by atoms with E-state index in [1.54, 1.807) is 4.57 Å². The fraction of sp³-hybridized carbons (Fsp3) is 0.286. The smallest absolute Gasteiger partial charge is 0.353 e. The molecule has 0 spiro atoms. The average molecular weight is 274 g/mol. The second kappa shape index (κ2) is 4.35. The lowest BCUT2D eigenvalue weighted by Gasteiger charge is -2.19. The maximum Gasteiger partial charge on any atom is 0.353 e. The standard InChI is InChI=1S/C14H14N2O4/c1-8-4-3-5-9-6-10-11(7-12(17)18)16(20-2)14(19)15(10)13(8)9/h3-6,11H,7H2,1-2H3,(H,17,18). The average Bonchev–Trinajstić information content (AvgIpc) is 2.87. The van der Waals surface area contributed by atoms with Gasteiger partial charge in [-0.25, -0.2) is 4.79 Å². The molecule has 2 aromatic rings. The molecule has 6 heteroatoms. The molecule has 1 aliphatic rings. The maximum absolute atomic E-state index is 12.4. The molecular formula is C14H14N2O4. The van der Waals surface area contributed by atoms with Crippen LogP contribution in [0.2, 0.25) is 0 Å². The van der Waals surface area contributed by atoms with E-state index in [1.807, 2.05) is 31.2 Å². The molecule has 20 heavy (non-hydrogen) atoms. The number of carbonyl (C=O) groups excluding carboxylic acids is 1. The minimum absolute atomic E-state index is 0.186. The van der Waals surface area contributed by atoms with Crippen LogP contribution in [0.3, 0.4) is 0 Å². The molecule has 104 valence electrons. The van der Waals surface area contributed by atoms with E-state index in [0.29, 0.717) is 5.69 Å². The Balaban J connectivity index is 2.24. The van der Waals surface area contributed by atoms with Crippen LogP contribution in [-0.4, -0.2) is 33.8 Å². The maximum atomic E-state index is 12.4. The van der Waals surface area contributed by atoms with Gasteiger partial charge in [-0.1, -0.05) is 18.2 Å². The molecule has 6 nitrogen and oxygen atoms in total. The van der Waals surface area contributed by atoms with Crippen molar-refractivity contribution in [1.29, 1.82) is 0 Å². The molecule has 0 saturated heterocycles. The highest BCUT2D eigenvalue weighted by Gasteiger charge is 2.40. The Labute approximate surface area is 115 Å². The van der Waals surface area contributed by atoms with E-state index in [1.165, 1.54) is 7.11 Å². The molecule has 1 aromatic carbocycles. The fourth-order valence-corrected chi connectivity index (χ4v) is 2.82. The van der Waals surface area contributed by atoms with Gasteiger partial charge < -0.3 is 5.11 Å². The van der Waals surface area contributed by atoms with E-state index in [0.717, 1.165) is 21.5 Å². The van der Waals surface area contributed by atoms with Crippen LogP contribution >= 0.6 is 0 Å². The van der Waals surface area contributed by atoms with Gasteiger partial charge in [0.25, 0.3) is 0 Å². The first kappa shape index (κ1) is 12.7.